The minimum absolute atomic E-state index is 0.192. The fourth-order valence-corrected chi connectivity index (χ4v) is 2.67. The molecule has 0 aliphatic carbocycles. The molecule has 2 rings (SSSR count). The summed E-state index contributed by atoms with van der Waals surface area (Å²) in [5, 5.41) is 6.67. The van der Waals surface area contributed by atoms with E-state index in [1.54, 1.807) is 19.2 Å². The van der Waals surface area contributed by atoms with Crippen LogP contribution in [-0.4, -0.2) is 39.3 Å². The lowest BCUT2D eigenvalue weighted by Crippen LogP contribution is -2.43. The number of benzene rings is 1. The van der Waals surface area contributed by atoms with Crippen LogP contribution in [0.4, 0.5) is 4.39 Å². The van der Waals surface area contributed by atoms with Crippen molar-refractivity contribution in [2.45, 2.75) is 32.1 Å². The molecule has 0 amide bonds. The molecule has 1 aromatic rings. The first-order valence-corrected chi connectivity index (χ1v) is 8.47. The predicted octanol–water partition coefficient (Wildman–Crippen LogP) is 3.01. The largest absolute Gasteiger partial charge is 0.377 e. The smallest absolute Gasteiger partial charge is 0.191 e. The van der Waals surface area contributed by atoms with Crippen molar-refractivity contribution in [2.24, 2.45) is 4.99 Å². The highest BCUT2D eigenvalue weighted by Gasteiger charge is 2.21. The van der Waals surface area contributed by atoms with Crippen LogP contribution < -0.4 is 10.6 Å². The summed E-state index contributed by atoms with van der Waals surface area (Å²) < 4.78 is 18.8. The quantitative estimate of drug-likeness (QED) is 0.478. The van der Waals surface area contributed by atoms with Gasteiger partial charge in [-0.25, -0.2) is 4.39 Å². The van der Waals surface area contributed by atoms with Gasteiger partial charge < -0.3 is 15.4 Å². The molecule has 0 atom stereocenters. The monoisotopic (exact) mass is 333 g/mol. The molecule has 1 aromatic carbocycles. The van der Waals surface area contributed by atoms with Gasteiger partial charge >= 0.3 is 0 Å². The first-order valence-electron chi connectivity index (χ1n) is 8.47. The zero-order valence-corrected chi connectivity index (χ0v) is 14.9. The molecule has 132 valence electrons. The van der Waals surface area contributed by atoms with E-state index >= 15 is 0 Å². The van der Waals surface area contributed by atoms with Gasteiger partial charge in [0.2, 0.25) is 0 Å². The van der Waals surface area contributed by atoms with Gasteiger partial charge in [0.25, 0.3) is 0 Å². The van der Waals surface area contributed by atoms with E-state index in [0.717, 1.165) is 44.1 Å². The van der Waals surface area contributed by atoms with E-state index in [-0.39, 0.29) is 11.2 Å². The maximum absolute atomic E-state index is 13.4. The first kappa shape index (κ1) is 18.5. The number of nitrogens with one attached hydrogen (secondary N) is 2. The second-order valence-corrected chi connectivity index (χ2v) is 6.68. The molecule has 5 heteroatoms. The minimum Gasteiger partial charge on any atom is -0.377 e. The van der Waals surface area contributed by atoms with Gasteiger partial charge in [0.15, 0.2) is 5.96 Å². The Morgan fingerprint density at radius 2 is 2.17 bits per heavy atom. The molecular weight excluding hydrogens is 305 g/mol. The van der Waals surface area contributed by atoms with Crippen molar-refractivity contribution >= 4 is 5.96 Å². The Morgan fingerprint density at radius 3 is 2.83 bits per heavy atom. The molecule has 2 N–H and O–H groups in total. The highest BCUT2D eigenvalue weighted by atomic mass is 19.1. The number of hydrogen-bond donors (Lipinski definition) is 2. The fourth-order valence-electron chi connectivity index (χ4n) is 2.67. The second kappa shape index (κ2) is 8.83. The number of rotatable bonds is 6. The molecule has 0 spiro atoms. The lowest BCUT2D eigenvalue weighted by Gasteiger charge is -2.27. The summed E-state index contributed by atoms with van der Waals surface area (Å²) in [5.74, 6) is 0.569. The lowest BCUT2D eigenvalue weighted by molar-refractivity contribution is 0.153. The zero-order valence-electron chi connectivity index (χ0n) is 14.9. The van der Waals surface area contributed by atoms with Crippen LogP contribution in [0.5, 0.6) is 0 Å². The standard InChI is InChI=1S/C19H28FN3O/c1-19(2,16-5-4-6-17(20)13-16)14-23-18(21-3)22-10-7-15-8-11-24-12-9-15/h4-6,8,13H,7,9-12,14H2,1-3H3,(H2,21,22,23). The van der Waals surface area contributed by atoms with E-state index in [2.05, 4.69) is 35.5 Å². The van der Waals surface area contributed by atoms with Crippen molar-refractivity contribution in [2.75, 3.05) is 33.4 Å². The predicted molar refractivity (Wildman–Crippen MR) is 96.9 cm³/mol. The van der Waals surface area contributed by atoms with Crippen LogP contribution in [-0.2, 0) is 10.2 Å². The van der Waals surface area contributed by atoms with Crippen LogP contribution in [0.3, 0.4) is 0 Å². The Hall–Kier alpha value is -1.88. The van der Waals surface area contributed by atoms with Crippen molar-refractivity contribution in [3.63, 3.8) is 0 Å². The van der Waals surface area contributed by atoms with E-state index in [1.165, 1.54) is 11.6 Å². The third-order valence-electron chi connectivity index (χ3n) is 4.32. The lowest BCUT2D eigenvalue weighted by atomic mass is 9.84. The van der Waals surface area contributed by atoms with Crippen LogP contribution in [0.25, 0.3) is 0 Å². The normalized spacial score (nSPS) is 15.8. The van der Waals surface area contributed by atoms with Gasteiger partial charge in [-0.3, -0.25) is 4.99 Å². The van der Waals surface area contributed by atoms with E-state index in [9.17, 15) is 4.39 Å². The van der Waals surface area contributed by atoms with E-state index < -0.39 is 0 Å². The average Bonchev–Trinajstić information content (AvgIpc) is 2.59. The molecule has 0 unspecified atom stereocenters. The molecule has 0 radical (unpaired) electrons. The van der Waals surface area contributed by atoms with Gasteiger partial charge in [0.05, 0.1) is 13.2 Å². The summed E-state index contributed by atoms with van der Waals surface area (Å²) in [6, 6.07) is 6.77. The second-order valence-electron chi connectivity index (χ2n) is 6.68. The van der Waals surface area contributed by atoms with Crippen LogP contribution in [0.15, 0.2) is 40.9 Å². The van der Waals surface area contributed by atoms with E-state index in [0.29, 0.717) is 6.54 Å². The Balaban J connectivity index is 1.81. The summed E-state index contributed by atoms with van der Waals surface area (Å²) in [6.07, 6.45) is 4.17. The summed E-state index contributed by atoms with van der Waals surface area (Å²) >= 11 is 0. The maximum Gasteiger partial charge on any atom is 0.191 e. The van der Waals surface area contributed by atoms with Crippen LogP contribution in [0.1, 0.15) is 32.3 Å². The Labute approximate surface area is 144 Å². The molecule has 24 heavy (non-hydrogen) atoms. The molecular formula is C19H28FN3O. The van der Waals surface area contributed by atoms with Crippen LogP contribution in [0.2, 0.25) is 0 Å². The van der Waals surface area contributed by atoms with Gasteiger partial charge in [-0.1, -0.05) is 37.6 Å². The van der Waals surface area contributed by atoms with Crippen molar-refractivity contribution in [1.82, 2.24) is 10.6 Å². The molecule has 0 bridgehead atoms. The molecule has 0 aromatic heterocycles. The summed E-state index contributed by atoms with van der Waals surface area (Å²) in [7, 11) is 1.76. The Morgan fingerprint density at radius 1 is 1.33 bits per heavy atom. The average molecular weight is 333 g/mol. The van der Waals surface area contributed by atoms with Crippen molar-refractivity contribution in [1.29, 1.82) is 0 Å². The number of aliphatic imine (C=N–C) groups is 1. The number of ether oxygens (including phenoxy) is 1. The van der Waals surface area contributed by atoms with Crippen molar-refractivity contribution < 1.29 is 9.13 Å². The van der Waals surface area contributed by atoms with E-state index in [4.69, 9.17) is 4.74 Å². The minimum atomic E-state index is -0.201. The Kier molecular flexibility index (Phi) is 6.79. The highest BCUT2D eigenvalue weighted by molar-refractivity contribution is 5.79. The number of guanidine groups is 1. The van der Waals surface area contributed by atoms with Crippen molar-refractivity contribution in [3.8, 4) is 0 Å². The SMILES string of the molecule is CN=C(NCCC1=CCOCC1)NCC(C)(C)c1cccc(F)c1. The third-order valence-corrected chi connectivity index (χ3v) is 4.32. The van der Waals surface area contributed by atoms with E-state index in [1.807, 2.05) is 6.07 Å². The Bertz CT molecular complexity index is 596. The van der Waals surface area contributed by atoms with Gasteiger partial charge in [-0.05, 0) is 30.5 Å². The molecule has 0 saturated carbocycles. The number of halogens is 1. The zero-order chi connectivity index (χ0) is 17.4. The van der Waals surface area contributed by atoms with Crippen LogP contribution >= 0.6 is 0 Å². The third kappa shape index (κ3) is 5.64. The van der Waals surface area contributed by atoms with Gasteiger partial charge in [0.1, 0.15) is 5.82 Å². The molecule has 1 aliphatic rings. The summed E-state index contributed by atoms with van der Waals surface area (Å²) in [4.78, 5) is 4.26. The molecule has 4 nitrogen and oxygen atoms in total. The molecule has 1 heterocycles. The van der Waals surface area contributed by atoms with Gasteiger partial charge in [-0.2, -0.15) is 0 Å². The summed E-state index contributed by atoms with van der Waals surface area (Å²) in [5.41, 5.74) is 2.21. The summed E-state index contributed by atoms with van der Waals surface area (Å²) in [6.45, 7) is 7.24. The number of hydrogen-bond acceptors (Lipinski definition) is 2. The van der Waals surface area contributed by atoms with Crippen LogP contribution in [0, 0.1) is 5.82 Å². The van der Waals surface area contributed by atoms with Gasteiger partial charge in [-0.15, -0.1) is 0 Å². The molecule has 0 saturated heterocycles. The molecule has 0 fully saturated rings. The highest BCUT2D eigenvalue weighted by Crippen LogP contribution is 2.22. The first-order chi connectivity index (χ1) is 11.5. The van der Waals surface area contributed by atoms with Gasteiger partial charge in [0, 0.05) is 25.6 Å². The maximum atomic E-state index is 13.4. The fraction of sp³-hybridized carbons (Fsp3) is 0.526. The number of nitrogens with zero attached hydrogens (tertiary/aromatic N) is 1. The van der Waals surface area contributed by atoms with Crippen molar-refractivity contribution in [3.05, 3.63) is 47.3 Å². The molecule has 1 aliphatic heterocycles. The topological polar surface area (TPSA) is 45.7 Å².